The van der Waals surface area contributed by atoms with Crippen molar-refractivity contribution < 1.29 is 52.7 Å². The maximum atomic E-state index is 13.5. The standard InChI is InChI=1S/C16H24FN.C13H21FN2.C13H20FNO.C12H17FO2S.2C10H13F.3C9H11F/c1-13(2)15-10-14(11-16(17)12-15)6-5-9-18-7-3-4-8-18;1-10(2)11-7-12(14)9-13(8-11)15-5-6-16(3)4;1-10(2)11-7-12(14)9-13(8-11)16-6-5-15(3)4;1-9(2)11-6-10(7-12(13)8-11)4-5-16(3,14)15;2*1-7(2)9-4-8(3)5-10(11)6-9;1-7(2)8-3-5-9(10)6-4-8;1-7(2)8-4-3-5-9(10)6-8;1-7(2)8-5-3-4-6-9(8)10/h10-13H,3-9H2,1-2H3;7-10,15H,5-6H2,1-4H3;7-10H,5-6H2,1-4H3;6-9H,4-5H2,1-3H3;2*4-7H,1-3H3;3*3-7H,1-2H3. The summed E-state index contributed by atoms with van der Waals surface area (Å²) in [6.07, 6.45) is 6.38. The van der Waals surface area contributed by atoms with Gasteiger partial charge in [0.1, 0.15) is 74.5 Å². The number of halogens is 9. The Hall–Kier alpha value is -8.22. The molecule has 0 amide bonds. The summed E-state index contributed by atoms with van der Waals surface area (Å²) >= 11 is 0. The minimum atomic E-state index is -2.99. The van der Waals surface area contributed by atoms with E-state index in [0.29, 0.717) is 60.2 Å². The fourth-order valence-electron chi connectivity index (χ4n) is 11.8. The van der Waals surface area contributed by atoms with Gasteiger partial charge in [-0.15, -0.1) is 0 Å². The molecule has 0 radical (unpaired) electrons. The summed E-state index contributed by atoms with van der Waals surface area (Å²) in [7, 11) is 5.01. The van der Waals surface area contributed by atoms with Gasteiger partial charge >= 0.3 is 0 Å². The van der Waals surface area contributed by atoms with Crippen molar-refractivity contribution in [2.75, 3.05) is 91.4 Å². The summed E-state index contributed by atoms with van der Waals surface area (Å²) in [5, 5.41) is 3.23. The van der Waals surface area contributed by atoms with E-state index >= 15 is 0 Å². The highest BCUT2D eigenvalue weighted by Crippen LogP contribution is 2.27. The van der Waals surface area contributed by atoms with Crippen LogP contribution in [-0.4, -0.2) is 109 Å². The molecule has 10 rings (SSSR count). The molecular formula is C101H141F9N4O3S. The topological polar surface area (TPSA) is 65.1 Å². The fourth-order valence-corrected chi connectivity index (χ4v) is 12.4. The van der Waals surface area contributed by atoms with Gasteiger partial charge in [-0.05, 0) is 329 Å². The van der Waals surface area contributed by atoms with Crippen LogP contribution in [0.25, 0.3) is 0 Å². The van der Waals surface area contributed by atoms with Crippen LogP contribution in [0, 0.1) is 66.2 Å². The number of likely N-dealkylation sites (tertiary alicyclic amines) is 1. The number of rotatable bonds is 24. The highest BCUT2D eigenvalue weighted by Gasteiger charge is 2.14. The molecule has 0 spiro atoms. The zero-order chi connectivity index (χ0) is 89.1. The van der Waals surface area contributed by atoms with Crippen LogP contribution in [0.4, 0.5) is 45.2 Å². The van der Waals surface area contributed by atoms with Crippen molar-refractivity contribution in [3.63, 3.8) is 0 Å². The molecule has 1 aliphatic rings. The van der Waals surface area contributed by atoms with Crippen LogP contribution >= 0.6 is 0 Å². The SMILES string of the molecule is CC(C)c1cc(F)cc(CCCN2CCCC2)c1.CC(C)c1cc(F)cc(CCS(C)(=O)=O)c1.CC(C)c1cc(F)cc(NCCN(C)C)c1.CC(C)c1cc(F)cc(OCCN(C)C)c1.CC(C)c1ccc(F)cc1.CC(C)c1cccc(F)c1.CC(C)c1ccccc1F.Cc1cc(F)cc(C(C)C)c1.Cc1cc(F)cc(C(C)C)c1. The van der Waals surface area contributed by atoms with Crippen LogP contribution < -0.4 is 10.1 Å². The average Bonchev–Trinajstić information content (AvgIpc) is 1.06. The summed E-state index contributed by atoms with van der Waals surface area (Å²) in [6.45, 7) is 47.6. The Morgan fingerprint density at radius 3 is 1.18 bits per heavy atom. The lowest BCUT2D eigenvalue weighted by Gasteiger charge is -2.14. The number of hydrogen-bond donors (Lipinski definition) is 1. The van der Waals surface area contributed by atoms with Crippen LogP contribution in [0.2, 0.25) is 0 Å². The van der Waals surface area contributed by atoms with E-state index in [2.05, 4.69) is 104 Å². The molecular weight excluding hydrogens is 1520 g/mol. The molecule has 0 saturated carbocycles. The molecule has 0 bridgehead atoms. The Bertz CT molecular complexity index is 4260. The number of nitrogens with zero attached hydrogens (tertiary/aromatic N) is 3. The number of likely N-dealkylation sites (N-methyl/N-ethyl adjacent to an activating group) is 2. The van der Waals surface area contributed by atoms with E-state index in [1.54, 1.807) is 72.8 Å². The van der Waals surface area contributed by atoms with Crippen molar-refractivity contribution in [2.24, 2.45) is 0 Å². The number of aryl methyl sites for hydroxylation is 4. The van der Waals surface area contributed by atoms with Crippen LogP contribution in [0.1, 0.15) is 269 Å². The molecule has 0 atom stereocenters. The lowest BCUT2D eigenvalue weighted by Crippen LogP contribution is -2.20. The van der Waals surface area contributed by atoms with Crippen molar-refractivity contribution in [1.29, 1.82) is 0 Å². The van der Waals surface area contributed by atoms with Crippen LogP contribution in [-0.2, 0) is 22.7 Å². The molecule has 1 fully saturated rings. The Morgan fingerprint density at radius 1 is 0.381 bits per heavy atom. The average molecular weight is 1660 g/mol. The zero-order valence-electron chi connectivity index (χ0n) is 75.6. The van der Waals surface area contributed by atoms with E-state index in [1.807, 2.05) is 149 Å². The lowest BCUT2D eigenvalue weighted by atomic mass is 9.98. The summed E-state index contributed by atoms with van der Waals surface area (Å²) in [5.41, 5.74) is 14.0. The minimum Gasteiger partial charge on any atom is -0.492 e. The summed E-state index contributed by atoms with van der Waals surface area (Å²) in [5.74, 6) is 2.53. The lowest BCUT2D eigenvalue weighted by molar-refractivity contribution is 0.260. The molecule has 9 aromatic carbocycles. The van der Waals surface area contributed by atoms with Gasteiger partial charge in [0, 0.05) is 37.6 Å². The normalized spacial score (nSPS) is 11.8. The maximum Gasteiger partial charge on any atom is 0.147 e. The van der Waals surface area contributed by atoms with Crippen molar-refractivity contribution in [3.05, 3.63) is 307 Å². The van der Waals surface area contributed by atoms with E-state index in [1.165, 1.54) is 80.2 Å². The largest absolute Gasteiger partial charge is 0.492 e. The Labute approximate surface area is 706 Å². The number of nitrogens with one attached hydrogen (secondary N) is 1. The smallest absolute Gasteiger partial charge is 0.147 e. The summed E-state index contributed by atoms with van der Waals surface area (Å²) in [4.78, 5) is 6.64. The van der Waals surface area contributed by atoms with Gasteiger partial charge in [0.15, 0.2) is 0 Å². The first kappa shape index (κ1) is 106. The molecule has 652 valence electrons. The number of anilines is 1. The molecule has 1 heterocycles. The van der Waals surface area contributed by atoms with E-state index < -0.39 is 9.84 Å². The van der Waals surface area contributed by atoms with Crippen molar-refractivity contribution in [1.82, 2.24) is 14.7 Å². The molecule has 9 aromatic rings. The Balaban J connectivity index is 0.000000454. The third-order valence-corrected chi connectivity index (χ3v) is 20.0. The molecule has 1 aliphatic heterocycles. The fraction of sp³-hybridized carbons (Fsp3) is 0.465. The van der Waals surface area contributed by atoms with Crippen molar-refractivity contribution in [2.45, 2.75) is 224 Å². The van der Waals surface area contributed by atoms with Crippen molar-refractivity contribution >= 4 is 15.5 Å². The van der Waals surface area contributed by atoms with Gasteiger partial charge in [-0.2, -0.15) is 0 Å². The highest BCUT2D eigenvalue weighted by molar-refractivity contribution is 7.90. The van der Waals surface area contributed by atoms with Crippen LogP contribution in [0.5, 0.6) is 5.75 Å². The summed E-state index contributed by atoms with van der Waals surface area (Å²) in [6, 6.07) is 50.9. The first-order valence-electron chi connectivity index (χ1n) is 41.8. The Kier molecular flexibility index (Phi) is 49.9. The van der Waals surface area contributed by atoms with Gasteiger partial charge < -0.3 is 24.8 Å². The molecule has 7 nitrogen and oxygen atoms in total. The van der Waals surface area contributed by atoms with Crippen LogP contribution in [0.15, 0.2) is 182 Å². The van der Waals surface area contributed by atoms with Gasteiger partial charge in [0.25, 0.3) is 0 Å². The van der Waals surface area contributed by atoms with E-state index in [-0.39, 0.29) is 69.9 Å². The van der Waals surface area contributed by atoms with Gasteiger partial charge in [-0.1, -0.05) is 191 Å². The zero-order valence-corrected chi connectivity index (χ0v) is 76.4. The van der Waals surface area contributed by atoms with Gasteiger partial charge in [0.2, 0.25) is 0 Å². The van der Waals surface area contributed by atoms with Gasteiger partial charge in [-0.3, -0.25) is 0 Å². The molecule has 118 heavy (non-hydrogen) atoms. The van der Waals surface area contributed by atoms with Crippen molar-refractivity contribution in [3.8, 4) is 5.75 Å². The Morgan fingerprint density at radius 2 is 0.780 bits per heavy atom. The van der Waals surface area contributed by atoms with Crippen LogP contribution in [0.3, 0.4) is 0 Å². The second-order valence-corrected chi connectivity index (χ2v) is 36.1. The van der Waals surface area contributed by atoms with Gasteiger partial charge in [-0.25, -0.2) is 47.9 Å². The van der Waals surface area contributed by atoms with E-state index in [9.17, 15) is 47.9 Å². The molecule has 0 aromatic heterocycles. The predicted molar refractivity (Wildman–Crippen MR) is 482 cm³/mol. The highest BCUT2D eigenvalue weighted by atomic mass is 32.2. The quantitative estimate of drug-likeness (QED) is 0.0605. The molecule has 0 unspecified atom stereocenters. The second-order valence-electron chi connectivity index (χ2n) is 33.8. The number of ether oxygens (including phenoxy) is 1. The third kappa shape index (κ3) is 47.0. The monoisotopic (exact) mass is 1660 g/mol. The van der Waals surface area contributed by atoms with E-state index in [4.69, 9.17) is 4.74 Å². The number of sulfone groups is 1. The summed E-state index contributed by atoms with van der Waals surface area (Å²) < 4.78 is 144. The minimum absolute atomic E-state index is 0.0635. The molecule has 1 N–H and O–H groups in total. The van der Waals surface area contributed by atoms with E-state index in [0.717, 1.165) is 111 Å². The molecule has 0 aliphatic carbocycles. The number of benzene rings is 9. The van der Waals surface area contributed by atoms with Gasteiger partial charge in [0.05, 0.1) is 5.75 Å². The molecule has 1 saturated heterocycles. The third-order valence-electron chi connectivity index (χ3n) is 19.1. The molecule has 17 heteroatoms. The maximum absolute atomic E-state index is 13.5. The second kappa shape index (κ2) is 55.6. The predicted octanol–water partition coefficient (Wildman–Crippen LogP) is 27.7. The number of hydrogen-bond acceptors (Lipinski definition) is 7. The first-order valence-corrected chi connectivity index (χ1v) is 43.8. The first-order chi connectivity index (χ1) is 55.2.